The predicted molar refractivity (Wildman–Crippen MR) is 125 cm³/mol. The molecule has 0 saturated carbocycles. The van der Waals surface area contributed by atoms with Crippen LogP contribution in [0.2, 0.25) is 0 Å². The zero-order valence-electron chi connectivity index (χ0n) is 19.0. The van der Waals surface area contributed by atoms with Gasteiger partial charge in [-0.3, -0.25) is 4.79 Å². The van der Waals surface area contributed by atoms with E-state index in [9.17, 15) is 9.18 Å². The second-order valence-corrected chi connectivity index (χ2v) is 9.43. The number of amides is 1. The van der Waals surface area contributed by atoms with Crippen molar-refractivity contribution in [2.45, 2.75) is 57.7 Å². The van der Waals surface area contributed by atoms with Crippen molar-refractivity contribution in [1.29, 1.82) is 0 Å². The van der Waals surface area contributed by atoms with Gasteiger partial charge in [-0.2, -0.15) is 0 Å². The van der Waals surface area contributed by atoms with Gasteiger partial charge in [0.25, 0.3) is 0 Å². The van der Waals surface area contributed by atoms with E-state index < -0.39 is 6.10 Å². The lowest BCUT2D eigenvalue weighted by molar-refractivity contribution is -0.115. The highest BCUT2D eigenvalue weighted by Gasteiger charge is 2.24. The van der Waals surface area contributed by atoms with Gasteiger partial charge in [-0.05, 0) is 62.6 Å². The third kappa shape index (κ3) is 6.09. The summed E-state index contributed by atoms with van der Waals surface area (Å²) in [6.45, 7) is 10.6. The molecule has 2 unspecified atom stereocenters. The highest BCUT2D eigenvalue weighted by Crippen LogP contribution is 2.28. The smallest absolute Gasteiger partial charge is 0.237 e. The van der Waals surface area contributed by atoms with E-state index in [2.05, 4.69) is 29.4 Å². The normalized spacial score (nSPS) is 13.1. The lowest BCUT2D eigenvalue weighted by Crippen LogP contribution is -2.23. The first-order valence-electron chi connectivity index (χ1n) is 10.6. The summed E-state index contributed by atoms with van der Waals surface area (Å²) in [6, 6.07) is 13.6. The number of anilines is 1. The minimum Gasteiger partial charge on any atom is -0.483 e. The summed E-state index contributed by atoms with van der Waals surface area (Å²) in [5.74, 6) is 1.15. The van der Waals surface area contributed by atoms with Gasteiger partial charge in [-0.25, -0.2) is 4.39 Å². The summed E-state index contributed by atoms with van der Waals surface area (Å²) in [5, 5.41) is 12.0. The summed E-state index contributed by atoms with van der Waals surface area (Å²) in [5.41, 5.74) is 1.81. The number of hydrogen-bond acceptors (Lipinski definition) is 5. The predicted octanol–water partition coefficient (Wildman–Crippen LogP) is 5.64. The van der Waals surface area contributed by atoms with Crippen molar-refractivity contribution in [1.82, 2.24) is 14.8 Å². The first kappa shape index (κ1) is 23.8. The number of para-hydroxylation sites is 1. The molecule has 0 aliphatic rings. The van der Waals surface area contributed by atoms with Gasteiger partial charge >= 0.3 is 0 Å². The summed E-state index contributed by atoms with van der Waals surface area (Å²) >= 11 is 1.36. The van der Waals surface area contributed by atoms with Gasteiger partial charge in [0.1, 0.15) is 11.6 Å². The summed E-state index contributed by atoms with van der Waals surface area (Å²) in [7, 11) is 0. The van der Waals surface area contributed by atoms with Crippen molar-refractivity contribution >= 4 is 23.4 Å². The van der Waals surface area contributed by atoms with Crippen LogP contribution in [0.3, 0.4) is 0 Å². The Morgan fingerprint density at radius 1 is 1.09 bits per heavy atom. The van der Waals surface area contributed by atoms with E-state index >= 15 is 0 Å². The van der Waals surface area contributed by atoms with Crippen LogP contribution in [0.4, 0.5) is 10.1 Å². The standard InChI is InChI=1S/C24H29FN4O2S/c1-15(2)14-29-22(17(4)31-20-12-10-19(25)11-13-20)27-28-24(29)32-18(5)23(30)26-21-9-7-6-8-16(21)3/h6-13,15,17-18H,14H2,1-5H3,(H,26,30). The van der Waals surface area contributed by atoms with Gasteiger partial charge in [-0.15, -0.1) is 10.2 Å². The Bertz CT molecular complexity index is 1050. The van der Waals surface area contributed by atoms with E-state index in [1.165, 1.54) is 23.9 Å². The fraction of sp³-hybridized carbons (Fsp3) is 0.375. The molecule has 3 aromatic rings. The molecule has 0 spiro atoms. The molecule has 8 heteroatoms. The average Bonchev–Trinajstić information content (AvgIpc) is 3.13. The second kappa shape index (κ2) is 10.6. The summed E-state index contributed by atoms with van der Waals surface area (Å²) in [6.07, 6.45) is -0.392. The Morgan fingerprint density at radius 2 is 1.78 bits per heavy atom. The van der Waals surface area contributed by atoms with Crippen LogP contribution in [0.1, 0.15) is 45.2 Å². The number of nitrogens with one attached hydrogen (secondary N) is 1. The molecule has 0 saturated heterocycles. The Balaban J connectivity index is 1.75. The van der Waals surface area contributed by atoms with Crippen molar-refractivity contribution in [3.8, 4) is 5.75 Å². The lowest BCUT2D eigenvalue weighted by atomic mass is 10.2. The van der Waals surface area contributed by atoms with E-state index in [-0.39, 0.29) is 17.0 Å². The maximum Gasteiger partial charge on any atom is 0.237 e. The highest BCUT2D eigenvalue weighted by atomic mass is 32.2. The Kier molecular flexibility index (Phi) is 7.90. The lowest BCUT2D eigenvalue weighted by Gasteiger charge is -2.19. The SMILES string of the molecule is Cc1ccccc1NC(=O)C(C)Sc1nnc(C(C)Oc2ccc(F)cc2)n1CC(C)C. The fourth-order valence-electron chi connectivity index (χ4n) is 3.15. The molecule has 0 bridgehead atoms. The van der Waals surface area contributed by atoms with Crippen molar-refractivity contribution in [3.05, 3.63) is 65.7 Å². The molecule has 0 aliphatic carbocycles. The number of aryl methyl sites for hydroxylation is 1. The van der Waals surface area contributed by atoms with Crippen molar-refractivity contribution in [2.75, 3.05) is 5.32 Å². The fourth-order valence-corrected chi connectivity index (χ4v) is 4.02. The maximum absolute atomic E-state index is 13.2. The van der Waals surface area contributed by atoms with Crippen molar-refractivity contribution in [3.63, 3.8) is 0 Å². The number of hydrogen-bond donors (Lipinski definition) is 1. The average molecular weight is 457 g/mol. The third-order valence-electron chi connectivity index (χ3n) is 4.84. The number of halogens is 1. The number of carbonyl (C=O) groups excluding carboxylic acids is 1. The van der Waals surface area contributed by atoms with Gasteiger partial charge in [0.2, 0.25) is 5.91 Å². The van der Waals surface area contributed by atoms with Crippen LogP contribution < -0.4 is 10.1 Å². The molecular formula is C24H29FN4O2S. The number of carbonyl (C=O) groups is 1. The topological polar surface area (TPSA) is 69.0 Å². The number of ether oxygens (including phenoxy) is 1. The molecule has 1 N–H and O–H groups in total. The quantitative estimate of drug-likeness (QED) is 0.422. The van der Waals surface area contributed by atoms with E-state index in [1.807, 2.05) is 49.6 Å². The molecule has 1 amide bonds. The summed E-state index contributed by atoms with van der Waals surface area (Å²) in [4.78, 5) is 12.8. The summed E-state index contributed by atoms with van der Waals surface area (Å²) < 4.78 is 21.1. The molecule has 3 rings (SSSR count). The molecule has 2 atom stereocenters. The van der Waals surface area contributed by atoms with Gasteiger partial charge in [0.15, 0.2) is 17.1 Å². The van der Waals surface area contributed by atoms with E-state index in [1.54, 1.807) is 12.1 Å². The Labute approximate surface area is 192 Å². The third-order valence-corrected chi connectivity index (χ3v) is 5.92. The van der Waals surface area contributed by atoms with Crippen molar-refractivity contribution in [2.24, 2.45) is 5.92 Å². The van der Waals surface area contributed by atoms with Gasteiger partial charge < -0.3 is 14.6 Å². The monoisotopic (exact) mass is 456 g/mol. The number of aromatic nitrogens is 3. The number of benzene rings is 2. The first-order valence-corrected chi connectivity index (χ1v) is 11.5. The minimum absolute atomic E-state index is 0.0967. The number of thioether (sulfide) groups is 1. The number of nitrogens with zero attached hydrogens (tertiary/aromatic N) is 3. The molecule has 170 valence electrons. The van der Waals surface area contributed by atoms with Crippen LogP contribution in [-0.2, 0) is 11.3 Å². The van der Waals surface area contributed by atoms with Crippen LogP contribution in [0.5, 0.6) is 5.75 Å². The Hall–Kier alpha value is -2.87. The van der Waals surface area contributed by atoms with E-state index in [0.717, 1.165) is 11.3 Å². The molecule has 1 aromatic heterocycles. The molecule has 2 aromatic carbocycles. The van der Waals surface area contributed by atoms with E-state index in [4.69, 9.17) is 4.74 Å². The van der Waals surface area contributed by atoms with Crippen LogP contribution in [-0.4, -0.2) is 25.9 Å². The van der Waals surface area contributed by atoms with E-state index in [0.29, 0.717) is 29.2 Å². The molecule has 0 fully saturated rings. The van der Waals surface area contributed by atoms with Gasteiger partial charge in [0.05, 0.1) is 5.25 Å². The zero-order valence-corrected chi connectivity index (χ0v) is 19.8. The first-order chi connectivity index (χ1) is 15.2. The molecule has 32 heavy (non-hydrogen) atoms. The van der Waals surface area contributed by atoms with Crippen LogP contribution in [0.25, 0.3) is 0 Å². The van der Waals surface area contributed by atoms with Gasteiger partial charge in [-0.1, -0.05) is 43.8 Å². The van der Waals surface area contributed by atoms with Gasteiger partial charge in [0, 0.05) is 12.2 Å². The minimum atomic E-state index is -0.392. The molecular weight excluding hydrogens is 427 g/mol. The molecule has 1 heterocycles. The highest BCUT2D eigenvalue weighted by molar-refractivity contribution is 8.00. The largest absolute Gasteiger partial charge is 0.483 e. The molecule has 0 radical (unpaired) electrons. The number of rotatable bonds is 9. The Morgan fingerprint density at radius 3 is 2.44 bits per heavy atom. The van der Waals surface area contributed by atoms with Crippen LogP contribution >= 0.6 is 11.8 Å². The van der Waals surface area contributed by atoms with Crippen LogP contribution in [0.15, 0.2) is 53.7 Å². The molecule has 0 aliphatic heterocycles. The zero-order chi connectivity index (χ0) is 23.3. The second-order valence-electron chi connectivity index (χ2n) is 8.12. The van der Waals surface area contributed by atoms with Crippen LogP contribution in [0, 0.1) is 18.7 Å². The molecule has 6 nitrogen and oxygen atoms in total. The van der Waals surface area contributed by atoms with Crippen molar-refractivity contribution < 1.29 is 13.9 Å². The maximum atomic E-state index is 13.2.